The average molecular weight is 337 g/mol. The zero-order valence-corrected chi connectivity index (χ0v) is 15.4. The Hall–Kier alpha value is -1.06. The van der Waals surface area contributed by atoms with Crippen molar-refractivity contribution in [1.29, 1.82) is 0 Å². The fraction of sp³-hybridized carbons (Fsp3) is 0.632. The second-order valence-electron chi connectivity index (χ2n) is 7.18. The molecule has 0 spiro atoms. The molecule has 1 aromatic rings. The Morgan fingerprint density at radius 2 is 1.65 bits per heavy atom. The van der Waals surface area contributed by atoms with Gasteiger partial charge in [0.2, 0.25) is 5.91 Å². The number of amides is 1. The highest BCUT2D eigenvalue weighted by molar-refractivity contribution is 5.85. The SMILES string of the molecule is Cc1cc(C)cc([C@H]2C[C@@H](CN3CCCCC3)C(=O)N2C)c1.Cl. The molecular formula is C19H29ClN2O. The van der Waals surface area contributed by atoms with Gasteiger partial charge in [0.05, 0.1) is 12.0 Å². The molecule has 2 fully saturated rings. The van der Waals surface area contributed by atoms with Crippen LogP contribution in [0.25, 0.3) is 0 Å². The number of benzene rings is 1. The molecule has 128 valence electrons. The van der Waals surface area contributed by atoms with Crippen molar-refractivity contribution in [1.82, 2.24) is 9.80 Å². The van der Waals surface area contributed by atoms with Crippen LogP contribution in [0.3, 0.4) is 0 Å². The van der Waals surface area contributed by atoms with Gasteiger partial charge in [-0.3, -0.25) is 4.79 Å². The highest BCUT2D eigenvalue weighted by Gasteiger charge is 2.38. The largest absolute Gasteiger partial charge is 0.338 e. The molecule has 2 atom stereocenters. The topological polar surface area (TPSA) is 23.6 Å². The maximum Gasteiger partial charge on any atom is 0.227 e. The van der Waals surface area contributed by atoms with E-state index in [1.807, 2.05) is 11.9 Å². The molecule has 1 aromatic carbocycles. The van der Waals surface area contributed by atoms with Crippen LogP contribution in [0.4, 0.5) is 0 Å². The van der Waals surface area contributed by atoms with Crippen LogP contribution < -0.4 is 0 Å². The van der Waals surface area contributed by atoms with Crippen molar-refractivity contribution in [2.24, 2.45) is 5.92 Å². The summed E-state index contributed by atoms with van der Waals surface area (Å²) < 4.78 is 0. The fourth-order valence-corrected chi connectivity index (χ4v) is 4.14. The lowest BCUT2D eigenvalue weighted by atomic mass is 9.96. The third-order valence-electron chi connectivity index (χ3n) is 5.23. The van der Waals surface area contributed by atoms with E-state index in [1.165, 1.54) is 49.0 Å². The first-order valence-corrected chi connectivity index (χ1v) is 8.62. The molecular weight excluding hydrogens is 308 g/mol. The summed E-state index contributed by atoms with van der Waals surface area (Å²) in [4.78, 5) is 17.1. The van der Waals surface area contributed by atoms with Gasteiger partial charge in [0, 0.05) is 13.6 Å². The summed E-state index contributed by atoms with van der Waals surface area (Å²) in [6.07, 6.45) is 4.89. The van der Waals surface area contributed by atoms with Gasteiger partial charge in [-0.1, -0.05) is 35.7 Å². The minimum Gasteiger partial charge on any atom is -0.338 e. The summed E-state index contributed by atoms with van der Waals surface area (Å²) in [5.41, 5.74) is 3.88. The first-order valence-electron chi connectivity index (χ1n) is 8.62. The lowest BCUT2D eigenvalue weighted by Gasteiger charge is -2.28. The van der Waals surface area contributed by atoms with Crippen molar-refractivity contribution in [3.8, 4) is 0 Å². The van der Waals surface area contributed by atoms with E-state index in [9.17, 15) is 4.79 Å². The Balaban J connectivity index is 0.00000192. The Morgan fingerprint density at radius 3 is 2.26 bits per heavy atom. The first kappa shape index (κ1) is 18.3. The maximum atomic E-state index is 12.6. The standard InChI is InChI=1S/C19H28N2O.ClH/c1-14-9-15(2)11-16(10-14)18-12-17(19(22)20(18)3)13-21-7-5-4-6-8-21;/h9-11,17-18H,4-8,12-13H2,1-3H3;1H/t17-,18+;/m0./s1. The van der Waals surface area contributed by atoms with Crippen molar-refractivity contribution in [2.75, 3.05) is 26.7 Å². The van der Waals surface area contributed by atoms with Gasteiger partial charge in [-0.05, 0) is 51.8 Å². The number of carbonyl (C=O) groups excluding carboxylic acids is 1. The van der Waals surface area contributed by atoms with E-state index in [2.05, 4.69) is 36.9 Å². The number of rotatable bonds is 3. The molecule has 0 unspecified atom stereocenters. The van der Waals surface area contributed by atoms with Gasteiger partial charge in [-0.15, -0.1) is 12.4 Å². The lowest BCUT2D eigenvalue weighted by molar-refractivity contribution is -0.131. The molecule has 4 heteroatoms. The van der Waals surface area contributed by atoms with Crippen molar-refractivity contribution in [3.63, 3.8) is 0 Å². The molecule has 2 aliphatic rings. The molecule has 0 aliphatic carbocycles. The van der Waals surface area contributed by atoms with Gasteiger partial charge in [-0.25, -0.2) is 0 Å². The first-order chi connectivity index (χ1) is 10.5. The van der Waals surface area contributed by atoms with Crippen LogP contribution >= 0.6 is 12.4 Å². The normalized spacial score (nSPS) is 25.5. The number of carbonyl (C=O) groups is 1. The van der Waals surface area contributed by atoms with Gasteiger partial charge >= 0.3 is 0 Å². The Morgan fingerprint density at radius 1 is 1.04 bits per heavy atom. The number of hydrogen-bond donors (Lipinski definition) is 0. The van der Waals surface area contributed by atoms with Crippen molar-refractivity contribution in [2.45, 2.75) is 45.6 Å². The monoisotopic (exact) mass is 336 g/mol. The second kappa shape index (κ2) is 7.67. The fourth-order valence-electron chi connectivity index (χ4n) is 4.14. The Labute approximate surface area is 146 Å². The van der Waals surface area contributed by atoms with Crippen LogP contribution in [0.15, 0.2) is 18.2 Å². The Bertz CT molecular complexity index is 534. The van der Waals surface area contributed by atoms with E-state index in [0.717, 1.165) is 13.0 Å². The molecule has 2 heterocycles. The summed E-state index contributed by atoms with van der Waals surface area (Å²) in [6.45, 7) is 7.56. The van der Waals surface area contributed by atoms with E-state index in [4.69, 9.17) is 0 Å². The average Bonchev–Trinajstić information content (AvgIpc) is 2.76. The van der Waals surface area contributed by atoms with Crippen molar-refractivity contribution < 1.29 is 4.79 Å². The van der Waals surface area contributed by atoms with Crippen LogP contribution in [0.5, 0.6) is 0 Å². The molecule has 1 amide bonds. The summed E-state index contributed by atoms with van der Waals surface area (Å²) in [5, 5.41) is 0. The number of likely N-dealkylation sites (tertiary alicyclic amines) is 2. The zero-order chi connectivity index (χ0) is 15.7. The quantitative estimate of drug-likeness (QED) is 0.839. The molecule has 0 N–H and O–H groups in total. The summed E-state index contributed by atoms with van der Waals surface area (Å²) in [5.74, 6) is 0.503. The van der Waals surface area contributed by atoms with Crippen LogP contribution in [0.2, 0.25) is 0 Å². The number of halogens is 1. The van der Waals surface area contributed by atoms with E-state index in [-0.39, 0.29) is 24.4 Å². The minimum absolute atomic E-state index is 0. The van der Waals surface area contributed by atoms with Crippen LogP contribution in [-0.2, 0) is 4.79 Å². The zero-order valence-electron chi connectivity index (χ0n) is 14.5. The summed E-state index contributed by atoms with van der Waals surface area (Å²) >= 11 is 0. The predicted molar refractivity (Wildman–Crippen MR) is 97.1 cm³/mol. The number of aryl methyl sites for hydroxylation is 2. The lowest BCUT2D eigenvalue weighted by Crippen LogP contribution is -2.36. The van der Waals surface area contributed by atoms with Gasteiger partial charge in [0.25, 0.3) is 0 Å². The smallest absolute Gasteiger partial charge is 0.227 e. The molecule has 0 bridgehead atoms. The van der Waals surface area contributed by atoms with Gasteiger partial charge in [0.15, 0.2) is 0 Å². The second-order valence-corrected chi connectivity index (χ2v) is 7.18. The van der Waals surface area contributed by atoms with Crippen molar-refractivity contribution >= 4 is 18.3 Å². The Kier molecular flexibility index (Phi) is 6.10. The predicted octanol–water partition coefficient (Wildman–Crippen LogP) is 3.73. The van der Waals surface area contributed by atoms with Gasteiger partial charge in [0.1, 0.15) is 0 Å². The highest BCUT2D eigenvalue weighted by Crippen LogP contribution is 2.36. The molecule has 23 heavy (non-hydrogen) atoms. The molecule has 3 nitrogen and oxygen atoms in total. The number of piperidine rings is 1. The van der Waals surface area contributed by atoms with Crippen LogP contribution in [0, 0.1) is 19.8 Å². The molecule has 0 saturated carbocycles. The molecule has 0 radical (unpaired) electrons. The van der Waals surface area contributed by atoms with Gasteiger partial charge in [-0.2, -0.15) is 0 Å². The highest BCUT2D eigenvalue weighted by atomic mass is 35.5. The molecule has 2 aliphatic heterocycles. The molecule has 0 aromatic heterocycles. The van der Waals surface area contributed by atoms with Crippen molar-refractivity contribution in [3.05, 3.63) is 34.9 Å². The molecule has 3 rings (SSSR count). The number of hydrogen-bond acceptors (Lipinski definition) is 2. The number of nitrogens with zero attached hydrogens (tertiary/aromatic N) is 2. The van der Waals surface area contributed by atoms with E-state index in [0.29, 0.717) is 5.91 Å². The van der Waals surface area contributed by atoms with E-state index in [1.54, 1.807) is 0 Å². The van der Waals surface area contributed by atoms with Crippen LogP contribution in [0.1, 0.15) is 48.4 Å². The van der Waals surface area contributed by atoms with E-state index >= 15 is 0 Å². The van der Waals surface area contributed by atoms with E-state index < -0.39 is 0 Å². The summed E-state index contributed by atoms with van der Waals surface area (Å²) in [7, 11) is 1.97. The summed E-state index contributed by atoms with van der Waals surface area (Å²) in [6, 6.07) is 6.93. The maximum absolute atomic E-state index is 12.6. The third-order valence-corrected chi connectivity index (χ3v) is 5.23. The van der Waals surface area contributed by atoms with Gasteiger partial charge < -0.3 is 9.80 Å². The third kappa shape index (κ3) is 4.07. The minimum atomic E-state index is 0. The van der Waals surface area contributed by atoms with Crippen LogP contribution in [-0.4, -0.2) is 42.4 Å². The molecule has 2 saturated heterocycles.